The monoisotopic (exact) mass is 254 g/mol. The second kappa shape index (κ2) is 5.70. The Hall–Kier alpha value is -2.09. The number of carbonyl (C=O) groups is 1. The number of hydrogen-bond donors (Lipinski definition) is 0. The van der Waals surface area contributed by atoms with E-state index in [-0.39, 0.29) is 5.78 Å². The molecule has 2 nitrogen and oxygen atoms in total. The highest BCUT2D eigenvalue weighted by Crippen LogP contribution is 2.19. The van der Waals surface area contributed by atoms with Gasteiger partial charge in [-0.2, -0.15) is 0 Å². The van der Waals surface area contributed by atoms with Crippen molar-refractivity contribution in [3.8, 4) is 5.75 Å². The smallest absolute Gasteiger partial charge is 0.159 e. The Balaban J connectivity index is 2.16. The van der Waals surface area contributed by atoms with Crippen LogP contribution in [0.5, 0.6) is 5.75 Å². The van der Waals surface area contributed by atoms with Crippen molar-refractivity contribution in [2.45, 2.75) is 27.4 Å². The minimum absolute atomic E-state index is 0.0597. The van der Waals surface area contributed by atoms with Crippen LogP contribution in [0.3, 0.4) is 0 Å². The largest absolute Gasteiger partial charge is 0.489 e. The van der Waals surface area contributed by atoms with Crippen molar-refractivity contribution in [3.05, 3.63) is 64.7 Å². The highest BCUT2D eigenvalue weighted by Gasteiger charge is 2.04. The SMILES string of the molecule is CC(=O)c1cc(C)cc(OCc2ccccc2C)c1. The van der Waals surface area contributed by atoms with Crippen LogP contribution in [0.1, 0.15) is 34.0 Å². The second-order valence-electron chi connectivity index (χ2n) is 4.81. The molecule has 0 N–H and O–H groups in total. The Morgan fingerprint density at radius 2 is 1.84 bits per heavy atom. The van der Waals surface area contributed by atoms with Gasteiger partial charge in [0.15, 0.2) is 5.78 Å². The molecule has 2 aromatic carbocycles. The molecule has 0 aromatic heterocycles. The summed E-state index contributed by atoms with van der Waals surface area (Å²) in [6, 6.07) is 13.8. The molecule has 2 aromatic rings. The third-order valence-electron chi connectivity index (χ3n) is 3.11. The molecule has 0 unspecified atom stereocenters. The predicted molar refractivity (Wildman–Crippen MR) is 76.7 cm³/mol. The van der Waals surface area contributed by atoms with Gasteiger partial charge in [0.1, 0.15) is 12.4 Å². The van der Waals surface area contributed by atoms with Gasteiger partial charge in [-0.25, -0.2) is 0 Å². The van der Waals surface area contributed by atoms with Gasteiger partial charge in [0.05, 0.1) is 0 Å². The van der Waals surface area contributed by atoms with Crippen molar-refractivity contribution >= 4 is 5.78 Å². The minimum atomic E-state index is 0.0597. The molecular weight excluding hydrogens is 236 g/mol. The first-order valence-corrected chi connectivity index (χ1v) is 6.36. The number of benzene rings is 2. The van der Waals surface area contributed by atoms with Crippen molar-refractivity contribution in [2.24, 2.45) is 0 Å². The summed E-state index contributed by atoms with van der Waals surface area (Å²) in [6.07, 6.45) is 0. The third-order valence-corrected chi connectivity index (χ3v) is 3.11. The van der Waals surface area contributed by atoms with Crippen molar-refractivity contribution < 1.29 is 9.53 Å². The van der Waals surface area contributed by atoms with E-state index in [9.17, 15) is 4.79 Å². The highest BCUT2D eigenvalue weighted by atomic mass is 16.5. The summed E-state index contributed by atoms with van der Waals surface area (Å²) in [4.78, 5) is 11.4. The van der Waals surface area contributed by atoms with E-state index in [4.69, 9.17) is 4.74 Å². The molecule has 0 aliphatic heterocycles. The number of rotatable bonds is 4. The maximum atomic E-state index is 11.4. The van der Waals surface area contributed by atoms with E-state index in [0.717, 1.165) is 16.9 Å². The van der Waals surface area contributed by atoms with Crippen LogP contribution in [0, 0.1) is 13.8 Å². The number of carbonyl (C=O) groups excluding carboxylic acids is 1. The van der Waals surface area contributed by atoms with E-state index in [0.29, 0.717) is 12.2 Å². The molecule has 0 spiro atoms. The molecule has 0 amide bonds. The fourth-order valence-corrected chi connectivity index (χ4v) is 1.97. The maximum Gasteiger partial charge on any atom is 0.159 e. The van der Waals surface area contributed by atoms with Gasteiger partial charge in [-0.1, -0.05) is 24.3 Å². The Kier molecular flexibility index (Phi) is 4.00. The van der Waals surface area contributed by atoms with Crippen LogP contribution in [-0.4, -0.2) is 5.78 Å². The normalized spacial score (nSPS) is 10.3. The topological polar surface area (TPSA) is 26.3 Å². The number of hydrogen-bond acceptors (Lipinski definition) is 2. The molecule has 0 saturated heterocycles. The van der Waals surface area contributed by atoms with Crippen molar-refractivity contribution in [2.75, 3.05) is 0 Å². The van der Waals surface area contributed by atoms with Crippen LogP contribution in [0.25, 0.3) is 0 Å². The number of Topliss-reactive ketones (excluding diaryl/α,β-unsaturated/α-hetero) is 1. The van der Waals surface area contributed by atoms with Crippen LogP contribution < -0.4 is 4.74 Å². The van der Waals surface area contributed by atoms with E-state index < -0.39 is 0 Å². The van der Waals surface area contributed by atoms with Gasteiger partial charge in [-0.3, -0.25) is 4.79 Å². The lowest BCUT2D eigenvalue weighted by atomic mass is 10.1. The zero-order valence-corrected chi connectivity index (χ0v) is 11.6. The van der Waals surface area contributed by atoms with Crippen LogP contribution in [-0.2, 0) is 6.61 Å². The van der Waals surface area contributed by atoms with Crippen LogP contribution >= 0.6 is 0 Å². The Morgan fingerprint density at radius 1 is 1.11 bits per heavy atom. The van der Waals surface area contributed by atoms with Crippen molar-refractivity contribution in [3.63, 3.8) is 0 Å². The average Bonchev–Trinajstić information content (AvgIpc) is 2.37. The Bertz CT molecular complexity index is 600. The summed E-state index contributed by atoms with van der Waals surface area (Å²) in [7, 11) is 0. The summed E-state index contributed by atoms with van der Waals surface area (Å²) < 4.78 is 5.79. The van der Waals surface area contributed by atoms with Crippen molar-refractivity contribution in [1.82, 2.24) is 0 Å². The number of ketones is 1. The summed E-state index contributed by atoms with van der Waals surface area (Å²) in [5, 5.41) is 0. The van der Waals surface area contributed by atoms with Gasteiger partial charge in [-0.15, -0.1) is 0 Å². The van der Waals surface area contributed by atoms with Gasteiger partial charge < -0.3 is 4.74 Å². The molecule has 0 aliphatic carbocycles. The third kappa shape index (κ3) is 3.44. The molecule has 2 rings (SSSR count). The molecule has 0 radical (unpaired) electrons. The summed E-state index contributed by atoms with van der Waals surface area (Å²) in [6.45, 7) is 6.12. The van der Waals surface area contributed by atoms with Gasteiger partial charge in [-0.05, 0) is 55.7 Å². The zero-order valence-electron chi connectivity index (χ0n) is 11.6. The lowest BCUT2D eigenvalue weighted by Gasteiger charge is -2.10. The lowest BCUT2D eigenvalue weighted by Crippen LogP contribution is -2.00. The summed E-state index contributed by atoms with van der Waals surface area (Å²) in [5.74, 6) is 0.804. The van der Waals surface area contributed by atoms with E-state index in [1.54, 1.807) is 13.0 Å². The molecule has 0 heterocycles. The number of aryl methyl sites for hydroxylation is 2. The lowest BCUT2D eigenvalue weighted by molar-refractivity contribution is 0.101. The van der Waals surface area contributed by atoms with E-state index in [1.165, 1.54) is 5.56 Å². The van der Waals surface area contributed by atoms with Crippen molar-refractivity contribution in [1.29, 1.82) is 0 Å². The van der Waals surface area contributed by atoms with E-state index in [2.05, 4.69) is 19.1 Å². The minimum Gasteiger partial charge on any atom is -0.489 e. The molecule has 2 heteroatoms. The first kappa shape index (κ1) is 13.3. The second-order valence-corrected chi connectivity index (χ2v) is 4.81. The highest BCUT2D eigenvalue weighted by molar-refractivity contribution is 5.94. The van der Waals surface area contributed by atoms with Crippen LogP contribution in [0.2, 0.25) is 0 Å². The quantitative estimate of drug-likeness (QED) is 0.768. The fraction of sp³-hybridized carbons (Fsp3) is 0.235. The first-order chi connectivity index (χ1) is 9.06. The molecule has 0 aliphatic rings. The van der Waals surface area contributed by atoms with Gasteiger partial charge in [0, 0.05) is 5.56 Å². The van der Waals surface area contributed by atoms with Crippen LogP contribution in [0.4, 0.5) is 0 Å². The zero-order chi connectivity index (χ0) is 13.8. The Morgan fingerprint density at radius 3 is 2.53 bits per heavy atom. The predicted octanol–water partition coefficient (Wildman–Crippen LogP) is 4.09. The van der Waals surface area contributed by atoms with E-state index >= 15 is 0 Å². The van der Waals surface area contributed by atoms with Gasteiger partial charge in [0.2, 0.25) is 0 Å². The van der Waals surface area contributed by atoms with Gasteiger partial charge >= 0.3 is 0 Å². The maximum absolute atomic E-state index is 11.4. The molecule has 0 atom stereocenters. The Labute approximate surface area is 114 Å². The molecule has 98 valence electrons. The average molecular weight is 254 g/mol. The summed E-state index contributed by atoms with van der Waals surface area (Å²) in [5.41, 5.74) is 4.10. The van der Waals surface area contributed by atoms with E-state index in [1.807, 2.05) is 31.2 Å². The molecule has 0 bridgehead atoms. The fourth-order valence-electron chi connectivity index (χ4n) is 1.97. The first-order valence-electron chi connectivity index (χ1n) is 6.36. The standard InChI is InChI=1S/C17H18O2/c1-12-8-16(14(3)18)10-17(9-12)19-11-15-7-5-4-6-13(15)2/h4-10H,11H2,1-3H3. The molecule has 0 fully saturated rings. The molecular formula is C17H18O2. The van der Waals surface area contributed by atoms with Gasteiger partial charge in [0.25, 0.3) is 0 Å². The number of ether oxygens (including phenoxy) is 1. The van der Waals surface area contributed by atoms with Crippen LogP contribution in [0.15, 0.2) is 42.5 Å². The molecule has 0 saturated carbocycles. The molecule has 19 heavy (non-hydrogen) atoms. The summed E-state index contributed by atoms with van der Waals surface area (Å²) >= 11 is 0.